The number of primary amides is 1. The van der Waals surface area contributed by atoms with Crippen LogP contribution < -0.4 is 5.73 Å². The molecule has 0 spiro atoms. The average Bonchev–Trinajstić information content (AvgIpc) is 2.69. The molecule has 0 atom stereocenters. The van der Waals surface area contributed by atoms with E-state index < -0.39 is 58.2 Å². The lowest BCUT2D eigenvalue weighted by Gasteiger charge is -2.14. The van der Waals surface area contributed by atoms with Crippen LogP contribution in [0.4, 0.5) is 35.1 Å². The van der Waals surface area contributed by atoms with Crippen molar-refractivity contribution >= 4 is 17.6 Å². The summed E-state index contributed by atoms with van der Waals surface area (Å²) in [6.45, 7) is 0. The number of carbonyl (C=O) groups is 1. The molecule has 1 aromatic carbocycles. The van der Waals surface area contributed by atoms with Gasteiger partial charge in [-0.2, -0.15) is 40.1 Å². The maximum absolute atomic E-state index is 13.4. The second kappa shape index (κ2) is 8.56. The van der Waals surface area contributed by atoms with E-state index in [9.17, 15) is 39.9 Å². The molecule has 2 aromatic heterocycles. The number of carbonyl (C=O) groups excluding carboxylic acids is 1. The molecule has 0 bridgehead atoms. The van der Waals surface area contributed by atoms with Crippen molar-refractivity contribution in [3.8, 4) is 11.4 Å². The van der Waals surface area contributed by atoms with Gasteiger partial charge in [0.1, 0.15) is 0 Å². The summed E-state index contributed by atoms with van der Waals surface area (Å²) < 4.78 is 105. The van der Waals surface area contributed by atoms with E-state index in [4.69, 9.17) is 5.73 Å². The first-order valence-corrected chi connectivity index (χ1v) is 8.72. The zero-order chi connectivity index (χ0) is 24.6. The number of nitrogens with two attached hydrogens (primary N) is 1. The smallest absolute Gasteiger partial charge is 0.366 e. The molecule has 2 N–H and O–H groups in total. The Morgan fingerprint density at radius 1 is 0.848 bits per heavy atom. The fraction of sp³-hybridized carbons (Fsp3) is 0.100. The third-order valence-electron chi connectivity index (χ3n) is 4.15. The van der Waals surface area contributed by atoms with E-state index in [0.717, 1.165) is 18.3 Å². The van der Waals surface area contributed by atoms with Crippen molar-refractivity contribution in [3.05, 3.63) is 76.9 Å². The number of hydrogen-bond donors (Lipinski definition) is 1. The molecule has 172 valence electrons. The quantitative estimate of drug-likeness (QED) is 0.332. The van der Waals surface area contributed by atoms with Gasteiger partial charge in [0.15, 0.2) is 5.82 Å². The van der Waals surface area contributed by atoms with E-state index in [-0.39, 0.29) is 17.3 Å². The minimum atomic E-state index is -5.08. The van der Waals surface area contributed by atoms with E-state index in [1.165, 1.54) is 0 Å². The molecule has 0 aliphatic rings. The van der Waals surface area contributed by atoms with E-state index in [1.807, 2.05) is 0 Å². The summed E-state index contributed by atoms with van der Waals surface area (Å²) in [6, 6.07) is 3.36. The Labute approximate surface area is 179 Å². The van der Waals surface area contributed by atoms with Crippen LogP contribution in [0.2, 0.25) is 0 Å². The molecule has 1 amide bonds. The molecule has 33 heavy (non-hydrogen) atoms. The van der Waals surface area contributed by atoms with Gasteiger partial charge in [0.05, 0.1) is 16.8 Å². The summed E-state index contributed by atoms with van der Waals surface area (Å²) in [6.07, 6.45) is -8.21. The zero-order valence-corrected chi connectivity index (χ0v) is 16.0. The number of pyridine rings is 1. The van der Waals surface area contributed by atoms with E-state index in [2.05, 4.69) is 15.0 Å². The molecule has 3 aromatic rings. The maximum Gasteiger partial charge on any atom is 0.416 e. The van der Waals surface area contributed by atoms with Crippen molar-refractivity contribution in [1.29, 1.82) is 0 Å². The Hall–Kier alpha value is -3.90. The largest absolute Gasteiger partial charge is 0.416 e. The van der Waals surface area contributed by atoms with Crippen molar-refractivity contribution in [2.45, 2.75) is 12.4 Å². The molecule has 0 saturated heterocycles. The van der Waals surface area contributed by atoms with Crippen molar-refractivity contribution in [3.63, 3.8) is 0 Å². The Morgan fingerprint density at radius 3 is 1.88 bits per heavy atom. The molecular weight excluding hydrogens is 464 g/mol. The van der Waals surface area contributed by atoms with Gasteiger partial charge in [-0.1, -0.05) is 0 Å². The second-order valence-electron chi connectivity index (χ2n) is 6.52. The molecule has 0 unspecified atom stereocenters. The number of benzene rings is 1. The number of nitrogens with zero attached hydrogens (tertiary/aromatic N) is 3. The minimum absolute atomic E-state index is 0.0506. The molecule has 5 nitrogen and oxygen atoms in total. The average molecular weight is 474 g/mol. The standard InChI is InChI=1S/C20H10F8N4O/c21-15-5-9(6-16(22)32-15)14(17(29)33)8-13-1-2-30-18(31-13)10-3-11(19(23,24)25)7-12(4-10)20(26,27)28/h1-8H,(H2,29,33)/b14-8+. The highest BCUT2D eigenvalue weighted by Gasteiger charge is 2.37. The van der Waals surface area contributed by atoms with Gasteiger partial charge in [-0.3, -0.25) is 4.79 Å². The number of rotatable bonds is 4. The van der Waals surface area contributed by atoms with Gasteiger partial charge in [-0.15, -0.1) is 0 Å². The third kappa shape index (κ3) is 5.67. The van der Waals surface area contributed by atoms with Gasteiger partial charge in [0.2, 0.25) is 17.8 Å². The molecule has 13 heteroatoms. The Morgan fingerprint density at radius 2 is 1.39 bits per heavy atom. The van der Waals surface area contributed by atoms with Gasteiger partial charge < -0.3 is 5.73 Å². The molecule has 3 rings (SSSR count). The van der Waals surface area contributed by atoms with Crippen molar-refractivity contribution in [1.82, 2.24) is 15.0 Å². The molecule has 0 aliphatic heterocycles. The zero-order valence-electron chi connectivity index (χ0n) is 16.0. The van der Waals surface area contributed by atoms with Crippen LogP contribution in [0.15, 0.2) is 42.6 Å². The third-order valence-corrected chi connectivity index (χ3v) is 4.15. The first-order valence-electron chi connectivity index (χ1n) is 8.72. The summed E-state index contributed by atoms with van der Waals surface area (Å²) in [7, 11) is 0. The number of amides is 1. The number of halogens is 8. The minimum Gasteiger partial charge on any atom is -0.366 e. The SMILES string of the molecule is NC(=O)/C(=C/c1ccnc(-c2cc(C(F)(F)F)cc(C(F)(F)F)c2)n1)c1cc(F)nc(F)c1. The van der Waals surface area contributed by atoms with Crippen LogP contribution in [0, 0.1) is 11.9 Å². The van der Waals surface area contributed by atoms with Gasteiger partial charge in [-0.25, -0.2) is 9.97 Å². The summed E-state index contributed by atoms with van der Waals surface area (Å²) in [4.78, 5) is 22.2. The van der Waals surface area contributed by atoms with E-state index in [1.54, 1.807) is 0 Å². The van der Waals surface area contributed by atoms with Crippen LogP contribution in [-0.2, 0) is 17.1 Å². The van der Waals surface area contributed by atoms with Gasteiger partial charge in [-0.05, 0) is 35.9 Å². The first kappa shape index (κ1) is 23.8. The Balaban J connectivity index is 2.14. The normalized spacial score (nSPS) is 12.7. The van der Waals surface area contributed by atoms with Crippen molar-refractivity contribution < 1.29 is 39.9 Å². The second-order valence-corrected chi connectivity index (χ2v) is 6.52. The molecule has 0 aliphatic carbocycles. The van der Waals surface area contributed by atoms with Gasteiger partial charge in [0.25, 0.3) is 0 Å². The van der Waals surface area contributed by atoms with Crippen LogP contribution in [0.25, 0.3) is 23.0 Å². The lowest BCUT2D eigenvalue weighted by atomic mass is 10.0. The van der Waals surface area contributed by atoms with E-state index in [0.29, 0.717) is 24.3 Å². The summed E-state index contributed by atoms with van der Waals surface area (Å²) in [5.41, 5.74) is 0.548. The lowest BCUT2D eigenvalue weighted by molar-refractivity contribution is -0.143. The fourth-order valence-corrected chi connectivity index (χ4v) is 2.74. The molecule has 0 radical (unpaired) electrons. The predicted octanol–water partition coefficient (Wildman–Crippen LogP) is 4.88. The highest BCUT2D eigenvalue weighted by atomic mass is 19.4. The van der Waals surface area contributed by atoms with Crippen molar-refractivity contribution in [2.24, 2.45) is 5.73 Å². The predicted molar refractivity (Wildman–Crippen MR) is 98.7 cm³/mol. The van der Waals surface area contributed by atoms with Crippen LogP contribution in [0.3, 0.4) is 0 Å². The summed E-state index contributed by atoms with van der Waals surface area (Å²) in [5.74, 6) is -4.19. The molecule has 0 saturated carbocycles. The highest BCUT2D eigenvalue weighted by molar-refractivity contribution is 6.23. The lowest BCUT2D eigenvalue weighted by Crippen LogP contribution is -2.14. The van der Waals surface area contributed by atoms with Crippen molar-refractivity contribution in [2.75, 3.05) is 0 Å². The number of hydrogen-bond acceptors (Lipinski definition) is 4. The summed E-state index contributed by atoms with van der Waals surface area (Å²) >= 11 is 0. The maximum atomic E-state index is 13.4. The van der Waals surface area contributed by atoms with Crippen LogP contribution in [-0.4, -0.2) is 20.9 Å². The molecular formula is C20H10F8N4O. The highest BCUT2D eigenvalue weighted by Crippen LogP contribution is 2.38. The molecule has 0 fully saturated rings. The Bertz CT molecular complexity index is 1200. The van der Waals surface area contributed by atoms with Gasteiger partial charge in [0, 0.05) is 29.5 Å². The van der Waals surface area contributed by atoms with Gasteiger partial charge >= 0.3 is 12.4 Å². The van der Waals surface area contributed by atoms with Crippen LogP contribution in [0.5, 0.6) is 0 Å². The van der Waals surface area contributed by atoms with Crippen LogP contribution >= 0.6 is 0 Å². The fourth-order valence-electron chi connectivity index (χ4n) is 2.74. The van der Waals surface area contributed by atoms with Crippen LogP contribution in [0.1, 0.15) is 22.4 Å². The number of alkyl halides is 6. The molecule has 2 heterocycles. The number of aromatic nitrogens is 3. The first-order chi connectivity index (χ1) is 15.2. The Kier molecular flexibility index (Phi) is 6.16. The monoisotopic (exact) mass is 474 g/mol. The topological polar surface area (TPSA) is 81.8 Å². The summed E-state index contributed by atoms with van der Waals surface area (Å²) in [5, 5.41) is 0. The van der Waals surface area contributed by atoms with E-state index >= 15 is 0 Å².